The maximum atomic E-state index is 12.9. The first-order valence-corrected chi connectivity index (χ1v) is 13.1. The second-order valence-electron chi connectivity index (χ2n) is 8.98. The summed E-state index contributed by atoms with van der Waals surface area (Å²) in [7, 11) is -7.72. The van der Waals surface area contributed by atoms with Crippen LogP contribution >= 0.6 is 0 Å². The molecule has 31 heavy (non-hydrogen) atoms. The third-order valence-electron chi connectivity index (χ3n) is 6.88. The van der Waals surface area contributed by atoms with Crippen LogP contribution in [0.3, 0.4) is 0 Å². The van der Waals surface area contributed by atoms with Crippen molar-refractivity contribution in [2.75, 3.05) is 15.2 Å². The summed E-state index contributed by atoms with van der Waals surface area (Å²) in [6, 6.07) is 6.77. The van der Waals surface area contributed by atoms with Crippen molar-refractivity contribution in [1.82, 2.24) is 5.16 Å². The Morgan fingerprint density at radius 3 is 2.32 bits per heavy atom. The molecule has 2 atom stereocenters. The number of benzene rings is 1. The average molecular weight is 468 g/mol. The number of aryl methyl sites for hydroxylation is 1. The molecule has 2 N–H and O–H groups in total. The maximum Gasteiger partial charge on any atom is 0.263 e. The van der Waals surface area contributed by atoms with Crippen LogP contribution in [0.15, 0.2) is 39.8 Å². The van der Waals surface area contributed by atoms with Crippen molar-refractivity contribution < 1.29 is 26.2 Å². The maximum absolute atomic E-state index is 12.9. The molecule has 1 aromatic carbocycles. The summed E-state index contributed by atoms with van der Waals surface area (Å²) >= 11 is 0. The molecular formula is C20H25N3O6S2. The standard InChI is InChI=1S/C20H25N3O6S2/c1-13-10-18(21-29-13)23-31(27,28)16-6-4-15(5-7-16)22-30(25,26)12-20-9-8-14(11-17(20)24)19(20,2)3/h4-7,10,14,22H,8-9,11-12H2,1-3H3,(H,21,23)/t14-,20-/m1/s1. The van der Waals surface area contributed by atoms with E-state index in [1.54, 1.807) is 6.92 Å². The van der Waals surface area contributed by atoms with Gasteiger partial charge in [0.2, 0.25) is 10.0 Å². The van der Waals surface area contributed by atoms with Crippen LogP contribution in [-0.4, -0.2) is 33.5 Å². The summed E-state index contributed by atoms with van der Waals surface area (Å²) in [6.07, 6.45) is 1.88. The molecule has 0 spiro atoms. The second kappa shape index (κ2) is 7.06. The Labute approximate surface area is 181 Å². The number of carbonyl (C=O) groups excluding carboxylic acids is 1. The summed E-state index contributed by atoms with van der Waals surface area (Å²) in [5, 5.41) is 3.59. The third kappa shape index (κ3) is 3.73. The fraction of sp³-hybridized carbons (Fsp3) is 0.500. The van der Waals surface area contributed by atoms with E-state index in [4.69, 9.17) is 4.52 Å². The number of nitrogens with zero attached hydrogens (tertiary/aromatic N) is 1. The van der Waals surface area contributed by atoms with Gasteiger partial charge in [0.05, 0.1) is 16.1 Å². The van der Waals surface area contributed by atoms with Crippen LogP contribution in [0.2, 0.25) is 0 Å². The summed E-state index contributed by atoms with van der Waals surface area (Å²) < 4.78 is 60.3. The largest absolute Gasteiger partial charge is 0.360 e. The SMILES string of the molecule is Cc1cc(NS(=O)(=O)c2ccc(NS(=O)(=O)C[C@]34CC[C@H](CC3=O)C4(C)C)cc2)no1. The zero-order chi connectivity index (χ0) is 22.7. The lowest BCUT2D eigenvalue weighted by molar-refractivity contribution is -0.128. The molecule has 11 heteroatoms. The lowest BCUT2D eigenvalue weighted by Crippen LogP contribution is -2.43. The molecule has 2 saturated carbocycles. The Kier molecular flexibility index (Phi) is 4.97. The van der Waals surface area contributed by atoms with Gasteiger partial charge in [-0.3, -0.25) is 14.2 Å². The highest BCUT2D eigenvalue weighted by atomic mass is 32.2. The van der Waals surface area contributed by atoms with Crippen molar-refractivity contribution in [1.29, 1.82) is 0 Å². The zero-order valence-electron chi connectivity index (χ0n) is 17.5. The van der Waals surface area contributed by atoms with Crippen LogP contribution < -0.4 is 9.44 Å². The molecule has 2 aromatic rings. The van der Waals surface area contributed by atoms with E-state index in [1.165, 1.54) is 30.3 Å². The molecule has 9 nitrogen and oxygen atoms in total. The lowest BCUT2D eigenvalue weighted by Gasteiger charge is -2.36. The number of fused-ring (bicyclic) bond motifs is 2. The number of rotatable bonds is 7. The molecule has 2 aliphatic rings. The summed E-state index contributed by atoms with van der Waals surface area (Å²) in [5.74, 6) is 0.491. The van der Waals surface area contributed by atoms with Crippen LogP contribution in [0, 0.1) is 23.7 Å². The van der Waals surface area contributed by atoms with E-state index in [2.05, 4.69) is 14.6 Å². The Hall–Kier alpha value is -2.40. The molecule has 1 heterocycles. The van der Waals surface area contributed by atoms with Gasteiger partial charge in [0, 0.05) is 18.2 Å². The summed E-state index contributed by atoms with van der Waals surface area (Å²) in [6.45, 7) is 5.60. The third-order valence-corrected chi connectivity index (χ3v) is 9.67. The monoisotopic (exact) mass is 467 g/mol. The van der Waals surface area contributed by atoms with Gasteiger partial charge in [-0.25, -0.2) is 16.8 Å². The number of hydrogen-bond donors (Lipinski definition) is 2. The Balaban J connectivity index is 1.49. The molecular weight excluding hydrogens is 442 g/mol. The molecule has 1 aromatic heterocycles. The average Bonchev–Trinajstić information content (AvgIpc) is 3.22. The minimum absolute atomic E-state index is 0.0229. The Bertz CT molecular complexity index is 1230. The van der Waals surface area contributed by atoms with Gasteiger partial charge in [-0.15, -0.1) is 0 Å². The molecule has 2 bridgehead atoms. The number of sulfonamides is 2. The molecule has 0 amide bonds. The van der Waals surface area contributed by atoms with E-state index in [0.717, 1.165) is 6.42 Å². The first-order chi connectivity index (χ1) is 14.3. The molecule has 0 unspecified atom stereocenters. The van der Waals surface area contributed by atoms with E-state index in [0.29, 0.717) is 18.6 Å². The van der Waals surface area contributed by atoms with Crippen LogP contribution in [0.1, 0.15) is 38.9 Å². The molecule has 0 saturated heterocycles. The van der Waals surface area contributed by atoms with Gasteiger partial charge >= 0.3 is 0 Å². The second-order valence-corrected chi connectivity index (χ2v) is 12.4. The van der Waals surface area contributed by atoms with Crippen LogP contribution in [0.25, 0.3) is 0 Å². The minimum Gasteiger partial charge on any atom is -0.360 e. The van der Waals surface area contributed by atoms with Crippen molar-refractivity contribution in [3.63, 3.8) is 0 Å². The Morgan fingerprint density at radius 2 is 1.81 bits per heavy atom. The molecule has 2 aliphatic carbocycles. The van der Waals surface area contributed by atoms with E-state index in [-0.39, 0.29) is 39.3 Å². The van der Waals surface area contributed by atoms with Crippen LogP contribution in [-0.2, 0) is 24.8 Å². The van der Waals surface area contributed by atoms with Crippen LogP contribution in [0.4, 0.5) is 11.5 Å². The normalized spacial score (nSPS) is 25.0. The van der Waals surface area contributed by atoms with Gasteiger partial charge in [-0.1, -0.05) is 19.0 Å². The summed E-state index contributed by atoms with van der Waals surface area (Å²) in [4.78, 5) is 12.6. The van der Waals surface area contributed by atoms with Gasteiger partial charge in [0.1, 0.15) is 11.5 Å². The number of ketones is 1. The topological polar surface area (TPSA) is 135 Å². The van der Waals surface area contributed by atoms with Gasteiger partial charge in [0.15, 0.2) is 5.82 Å². The quantitative estimate of drug-likeness (QED) is 0.639. The first kappa shape index (κ1) is 21.8. The number of carbonyl (C=O) groups is 1. The highest BCUT2D eigenvalue weighted by Crippen LogP contribution is 2.64. The van der Waals surface area contributed by atoms with Crippen molar-refractivity contribution in [3.8, 4) is 0 Å². The Morgan fingerprint density at radius 1 is 1.13 bits per heavy atom. The summed E-state index contributed by atoms with van der Waals surface area (Å²) in [5.41, 5.74) is -1.00. The molecule has 2 fully saturated rings. The van der Waals surface area contributed by atoms with E-state index in [9.17, 15) is 21.6 Å². The highest BCUT2D eigenvalue weighted by Gasteiger charge is 2.65. The predicted molar refractivity (Wildman–Crippen MR) is 114 cm³/mol. The molecule has 168 valence electrons. The van der Waals surface area contributed by atoms with E-state index in [1.807, 2.05) is 13.8 Å². The van der Waals surface area contributed by atoms with Crippen molar-refractivity contribution in [2.45, 2.75) is 44.9 Å². The van der Waals surface area contributed by atoms with E-state index < -0.39 is 25.5 Å². The minimum atomic E-state index is -3.90. The van der Waals surface area contributed by atoms with Crippen molar-refractivity contribution >= 4 is 37.3 Å². The highest BCUT2D eigenvalue weighted by molar-refractivity contribution is 7.93. The van der Waals surface area contributed by atoms with Crippen molar-refractivity contribution in [3.05, 3.63) is 36.1 Å². The lowest BCUT2D eigenvalue weighted by atomic mass is 9.70. The van der Waals surface area contributed by atoms with Gasteiger partial charge in [0.25, 0.3) is 10.0 Å². The van der Waals surface area contributed by atoms with Gasteiger partial charge in [-0.05, 0) is 55.4 Å². The number of Topliss-reactive ketones (excluding diaryl/α,β-unsaturated/α-hetero) is 1. The smallest absolute Gasteiger partial charge is 0.263 e. The number of aromatic nitrogens is 1. The predicted octanol–water partition coefficient (Wildman–Crippen LogP) is 2.92. The zero-order valence-corrected chi connectivity index (χ0v) is 19.1. The fourth-order valence-electron chi connectivity index (χ4n) is 4.96. The molecule has 0 aliphatic heterocycles. The van der Waals surface area contributed by atoms with Gasteiger partial charge < -0.3 is 4.52 Å². The number of nitrogens with one attached hydrogen (secondary N) is 2. The first-order valence-electron chi connectivity index (χ1n) is 9.95. The van der Waals surface area contributed by atoms with Gasteiger partial charge in [-0.2, -0.15) is 0 Å². The van der Waals surface area contributed by atoms with E-state index >= 15 is 0 Å². The molecule has 0 radical (unpaired) electrons. The fourth-order valence-corrected chi connectivity index (χ4v) is 7.84. The number of hydrogen-bond acceptors (Lipinski definition) is 7. The van der Waals surface area contributed by atoms with Crippen LogP contribution in [0.5, 0.6) is 0 Å². The number of anilines is 2. The van der Waals surface area contributed by atoms with Crippen molar-refractivity contribution in [2.24, 2.45) is 16.7 Å². The molecule has 4 rings (SSSR count).